The molecular formula is C13H14F3N. The molecule has 0 fully saturated rings. The van der Waals surface area contributed by atoms with E-state index in [1.807, 2.05) is 0 Å². The van der Waals surface area contributed by atoms with Crippen molar-refractivity contribution in [1.82, 2.24) is 5.32 Å². The summed E-state index contributed by atoms with van der Waals surface area (Å²) >= 11 is 0. The summed E-state index contributed by atoms with van der Waals surface area (Å²) < 4.78 is 38.3. The molecule has 0 bridgehead atoms. The smallest absolute Gasteiger partial charge is 0.297 e. The first kappa shape index (κ1) is 13.6. The Balaban J connectivity index is 3.02. The fraction of sp³-hybridized carbons (Fsp3) is 0.385. The molecule has 92 valence electrons. The summed E-state index contributed by atoms with van der Waals surface area (Å²) in [6.45, 7) is 3.39. The molecule has 0 aliphatic heterocycles. The summed E-state index contributed by atoms with van der Waals surface area (Å²) in [7, 11) is 0. The van der Waals surface area contributed by atoms with Crippen LogP contribution in [0.1, 0.15) is 31.0 Å². The third-order valence-electron chi connectivity index (χ3n) is 2.48. The molecule has 0 aliphatic carbocycles. The van der Waals surface area contributed by atoms with Gasteiger partial charge in [-0.15, -0.1) is 6.42 Å². The number of benzene rings is 1. The molecule has 0 saturated carbocycles. The van der Waals surface area contributed by atoms with Gasteiger partial charge in [-0.2, -0.15) is 13.2 Å². The van der Waals surface area contributed by atoms with Gasteiger partial charge in [0.15, 0.2) is 0 Å². The second kappa shape index (κ2) is 5.24. The molecule has 2 atom stereocenters. The van der Waals surface area contributed by atoms with Gasteiger partial charge in [-0.1, -0.05) is 24.1 Å². The molecule has 4 heteroatoms. The second-order valence-electron chi connectivity index (χ2n) is 3.86. The number of nitrogens with one attached hydrogen (secondary N) is 1. The zero-order valence-electron chi connectivity index (χ0n) is 9.68. The Morgan fingerprint density at radius 1 is 1.24 bits per heavy atom. The standard InChI is InChI=1S/C13H14F3N/c1-4-9(2)17-10(3)11-7-5-6-8-12(11)13(14,15)16/h1,5-10,17H,2-3H3. The molecule has 1 aromatic carbocycles. The number of halogens is 3. The predicted octanol–water partition coefficient (Wildman–Crippen LogP) is 3.38. The highest BCUT2D eigenvalue weighted by atomic mass is 19.4. The van der Waals surface area contributed by atoms with Crippen molar-refractivity contribution in [2.24, 2.45) is 0 Å². The quantitative estimate of drug-likeness (QED) is 0.800. The molecule has 0 saturated heterocycles. The van der Waals surface area contributed by atoms with Crippen LogP contribution in [0.5, 0.6) is 0 Å². The van der Waals surface area contributed by atoms with E-state index in [0.717, 1.165) is 6.07 Å². The van der Waals surface area contributed by atoms with E-state index in [4.69, 9.17) is 6.42 Å². The average Bonchev–Trinajstić information content (AvgIpc) is 2.27. The van der Waals surface area contributed by atoms with Crippen molar-refractivity contribution >= 4 is 0 Å². The molecule has 0 heterocycles. The van der Waals surface area contributed by atoms with Crippen LogP contribution in [0.15, 0.2) is 24.3 Å². The van der Waals surface area contributed by atoms with Crippen LogP contribution in [0.4, 0.5) is 13.2 Å². The van der Waals surface area contributed by atoms with Crippen LogP contribution in [0.2, 0.25) is 0 Å². The first-order valence-corrected chi connectivity index (χ1v) is 5.24. The number of alkyl halides is 3. The highest BCUT2D eigenvalue weighted by Gasteiger charge is 2.34. The third kappa shape index (κ3) is 3.50. The molecule has 0 spiro atoms. The van der Waals surface area contributed by atoms with Crippen molar-refractivity contribution in [3.63, 3.8) is 0 Å². The lowest BCUT2D eigenvalue weighted by Crippen LogP contribution is -2.29. The topological polar surface area (TPSA) is 12.0 Å². The van der Waals surface area contributed by atoms with Crippen LogP contribution in [0, 0.1) is 12.3 Å². The third-order valence-corrected chi connectivity index (χ3v) is 2.48. The Morgan fingerprint density at radius 3 is 2.35 bits per heavy atom. The molecular weight excluding hydrogens is 227 g/mol. The molecule has 1 rings (SSSR count). The van der Waals surface area contributed by atoms with E-state index < -0.39 is 17.8 Å². The fourth-order valence-electron chi connectivity index (χ4n) is 1.65. The van der Waals surface area contributed by atoms with Crippen molar-refractivity contribution in [3.8, 4) is 12.3 Å². The molecule has 17 heavy (non-hydrogen) atoms. The van der Waals surface area contributed by atoms with Crippen LogP contribution in [0.25, 0.3) is 0 Å². The van der Waals surface area contributed by atoms with E-state index in [1.54, 1.807) is 19.9 Å². The summed E-state index contributed by atoms with van der Waals surface area (Å²) in [6, 6.07) is 4.79. The number of hydrogen-bond acceptors (Lipinski definition) is 1. The number of hydrogen-bond donors (Lipinski definition) is 1. The summed E-state index contributed by atoms with van der Waals surface area (Å²) in [5.74, 6) is 2.43. The summed E-state index contributed by atoms with van der Waals surface area (Å²) in [5.41, 5.74) is -0.411. The lowest BCUT2D eigenvalue weighted by atomic mass is 10.0. The van der Waals surface area contributed by atoms with Gasteiger partial charge >= 0.3 is 6.18 Å². The molecule has 0 aliphatic rings. The van der Waals surface area contributed by atoms with Crippen LogP contribution in [0.3, 0.4) is 0 Å². The van der Waals surface area contributed by atoms with Crippen LogP contribution < -0.4 is 5.32 Å². The van der Waals surface area contributed by atoms with Gasteiger partial charge in [0, 0.05) is 6.04 Å². The van der Waals surface area contributed by atoms with Gasteiger partial charge in [-0.25, -0.2) is 0 Å². The van der Waals surface area contributed by atoms with Gasteiger partial charge < -0.3 is 0 Å². The maximum absolute atomic E-state index is 12.8. The molecule has 0 radical (unpaired) electrons. The largest absolute Gasteiger partial charge is 0.416 e. The van der Waals surface area contributed by atoms with Crippen molar-refractivity contribution in [2.45, 2.75) is 32.1 Å². The summed E-state index contributed by atoms with van der Waals surface area (Å²) in [6.07, 6.45) is 0.846. The maximum Gasteiger partial charge on any atom is 0.416 e. The van der Waals surface area contributed by atoms with Crippen LogP contribution in [-0.2, 0) is 6.18 Å². The van der Waals surface area contributed by atoms with E-state index >= 15 is 0 Å². The van der Waals surface area contributed by atoms with Gasteiger partial charge in [-0.3, -0.25) is 5.32 Å². The minimum Gasteiger partial charge on any atom is -0.297 e. The van der Waals surface area contributed by atoms with E-state index in [0.29, 0.717) is 0 Å². The Morgan fingerprint density at radius 2 is 1.82 bits per heavy atom. The van der Waals surface area contributed by atoms with E-state index in [1.165, 1.54) is 12.1 Å². The van der Waals surface area contributed by atoms with Gasteiger partial charge in [0.05, 0.1) is 11.6 Å². The lowest BCUT2D eigenvalue weighted by Gasteiger charge is -2.21. The zero-order valence-corrected chi connectivity index (χ0v) is 9.68. The Bertz CT molecular complexity index is 417. The zero-order chi connectivity index (χ0) is 13.1. The maximum atomic E-state index is 12.8. The highest BCUT2D eigenvalue weighted by Crippen LogP contribution is 2.34. The number of rotatable bonds is 3. The monoisotopic (exact) mass is 241 g/mol. The SMILES string of the molecule is C#CC(C)NC(C)c1ccccc1C(F)(F)F. The lowest BCUT2D eigenvalue weighted by molar-refractivity contribution is -0.138. The first-order valence-electron chi connectivity index (χ1n) is 5.24. The van der Waals surface area contributed by atoms with Crippen LogP contribution >= 0.6 is 0 Å². The van der Waals surface area contributed by atoms with Gasteiger partial charge in [0.2, 0.25) is 0 Å². The molecule has 2 unspecified atom stereocenters. The Kier molecular flexibility index (Phi) is 4.19. The summed E-state index contributed by atoms with van der Waals surface area (Å²) in [4.78, 5) is 0. The van der Waals surface area contributed by atoms with Crippen molar-refractivity contribution in [3.05, 3.63) is 35.4 Å². The van der Waals surface area contributed by atoms with Gasteiger partial charge in [0.1, 0.15) is 0 Å². The Hall–Kier alpha value is -1.47. The highest BCUT2D eigenvalue weighted by molar-refractivity contribution is 5.32. The molecule has 0 aromatic heterocycles. The number of terminal acetylenes is 1. The molecule has 0 amide bonds. The average molecular weight is 241 g/mol. The van der Waals surface area contributed by atoms with Gasteiger partial charge in [0.25, 0.3) is 0 Å². The molecule has 1 N–H and O–H groups in total. The second-order valence-corrected chi connectivity index (χ2v) is 3.86. The summed E-state index contributed by atoms with van der Waals surface area (Å²) in [5, 5.41) is 2.92. The first-order chi connectivity index (χ1) is 7.86. The van der Waals surface area contributed by atoms with Crippen molar-refractivity contribution in [1.29, 1.82) is 0 Å². The van der Waals surface area contributed by atoms with Crippen molar-refractivity contribution in [2.75, 3.05) is 0 Å². The van der Waals surface area contributed by atoms with E-state index in [9.17, 15) is 13.2 Å². The minimum atomic E-state index is -4.34. The van der Waals surface area contributed by atoms with E-state index in [2.05, 4.69) is 11.2 Å². The fourth-order valence-corrected chi connectivity index (χ4v) is 1.65. The Labute approximate surface area is 99.0 Å². The van der Waals surface area contributed by atoms with Crippen LogP contribution in [-0.4, -0.2) is 6.04 Å². The van der Waals surface area contributed by atoms with Crippen molar-refractivity contribution < 1.29 is 13.2 Å². The molecule has 1 nitrogen and oxygen atoms in total. The minimum absolute atomic E-state index is 0.210. The van der Waals surface area contributed by atoms with E-state index in [-0.39, 0.29) is 11.6 Å². The predicted molar refractivity (Wildman–Crippen MR) is 61.3 cm³/mol. The molecule has 1 aromatic rings. The normalized spacial score (nSPS) is 15.1. The van der Waals surface area contributed by atoms with Gasteiger partial charge in [-0.05, 0) is 25.5 Å².